The Morgan fingerprint density at radius 2 is 1.77 bits per heavy atom. The molecule has 0 aliphatic heterocycles. The number of allylic oxidation sites excluding steroid dienone is 1. The standard InChI is InChI=1S/C18H22Cl2O2/c1-10-6-11(2)13(12(3)7-10)9-22-17(21)16-14(8-15(19)20)18(16,4)5/h6-8,14,16H,9H2,1-5H3/t14-,16-/m1/s1. The number of aryl methyl sites for hydroxylation is 3. The van der Waals surface area contributed by atoms with Crippen LogP contribution in [0, 0.1) is 38.0 Å². The van der Waals surface area contributed by atoms with Crippen molar-refractivity contribution in [2.75, 3.05) is 0 Å². The number of esters is 1. The summed E-state index contributed by atoms with van der Waals surface area (Å²) in [5, 5.41) is 0. The fourth-order valence-electron chi connectivity index (χ4n) is 3.25. The molecule has 0 heterocycles. The third kappa shape index (κ3) is 3.49. The molecule has 0 bridgehead atoms. The van der Waals surface area contributed by atoms with Crippen LogP contribution in [0.2, 0.25) is 0 Å². The van der Waals surface area contributed by atoms with Gasteiger partial charge in [-0.1, -0.05) is 54.7 Å². The van der Waals surface area contributed by atoms with Gasteiger partial charge in [-0.2, -0.15) is 0 Å². The highest BCUT2D eigenvalue weighted by atomic mass is 35.5. The summed E-state index contributed by atoms with van der Waals surface area (Å²) in [6.45, 7) is 10.5. The molecule has 0 amide bonds. The summed E-state index contributed by atoms with van der Waals surface area (Å²) in [5.41, 5.74) is 4.46. The Labute approximate surface area is 142 Å². The Balaban J connectivity index is 2.05. The van der Waals surface area contributed by atoms with Gasteiger partial charge in [-0.05, 0) is 54.9 Å². The van der Waals surface area contributed by atoms with E-state index in [-0.39, 0.29) is 27.7 Å². The van der Waals surface area contributed by atoms with Crippen molar-refractivity contribution in [3.63, 3.8) is 0 Å². The van der Waals surface area contributed by atoms with Crippen molar-refractivity contribution in [2.24, 2.45) is 17.3 Å². The third-order valence-electron chi connectivity index (χ3n) is 4.67. The minimum absolute atomic E-state index is 0.0465. The number of carbonyl (C=O) groups is 1. The maximum absolute atomic E-state index is 12.3. The van der Waals surface area contributed by atoms with Gasteiger partial charge in [0.05, 0.1) is 5.92 Å². The van der Waals surface area contributed by atoms with Crippen LogP contribution in [0.3, 0.4) is 0 Å². The van der Waals surface area contributed by atoms with Gasteiger partial charge in [0, 0.05) is 0 Å². The quantitative estimate of drug-likeness (QED) is 0.700. The highest BCUT2D eigenvalue weighted by molar-refractivity contribution is 6.55. The van der Waals surface area contributed by atoms with E-state index in [4.69, 9.17) is 27.9 Å². The van der Waals surface area contributed by atoms with Crippen LogP contribution in [0.25, 0.3) is 0 Å². The fraction of sp³-hybridized carbons (Fsp3) is 0.500. The number of hydrogen-bond donors (Lipinski definition) is 0. The normalized spacial score (nSPS) is 22.1. The van der Waals surface area contributed by atoms with Crippen molar-refractivity contribution < 1.29 is 9.53 Å². The van der Waals surface area contributed by atoms with E-state index in [1.165, 1.54) is 5.56 Å². The number of ether oxygens (including phenoxy) is 1. The summed E-state index contributed by atoms with van der Waals surface area (Å²) < 4.78 is 5.75. The van der Waals surface area contributed by atoms with E-state index < -0.39 is 0 Å². The Kier molecular flexibility index (Phi) is 4.93. The molecule has 120 valence electrons. The van der Waals surface area contributed by atoms with Crippen LogP contribution >= 0.6 is 23.2 Å². The van der Waals surface area contributed by atoms with Gasteiger partial charge < -0.3 is 4.74 Å². The van der Waals surface area contributed by atoms with E-state index in [1.807, 2.05) is 27.7 Å². The molecule has 0 N–H and O–H groups in total. The molecule has 1 fully saturated rings. The number of rotatable bonds is 4. The van der Waals surface area contributed by atoms with Crippen molar-refractivity contribution in [3.05, 3.63) is 45.0 Å². The molecular formula is C18H22Cl2O2. The van der Waals surface area contributed by atoms with Gasteiger partial charge in [-0.15, -0.1) is 0 Å². The molecule has 0 spiro atoms. The van der Waals surface area contributed by atoms with Crippen LogP contribution in [0.1, 0.15) is 36.1 Å². The van der Waals surface area contributed by atoms with E-state index in [2.05, 4.69) is 19.1 Å². The van der Waals surface area contributed by atoms with Gasteiger partial charge >= 0.3 is 5.97 Å². The predicted octanol–water partition coefficient (Wildman–Crippen LogP) is 5.25. The van der Waals surface area contributed by atoms with Gasteiger partial charge in [-0.3, -0.25) is 4.79 Å². The van der Waals surface area contributed by atoms with Crippen LogP contribution in [-0.2, 0) is 16.1 Å². The van der Waals surface area contributed by atoms with E-state index in [9.17, 15) is 4.79 Å². The van der Waals surface area contributed by atoms with E-state index in [0.717, 1.165) is 16.7 Å². The van der Waals surface area contributed by atoms with Crippen molar-refractivity contribution >= 4 is 29.2 Å². The van der Waals surface area contributed by atoms with E-state index in [0.29, 0.717) is 6.61 Å². The molecule has 1 aromatic carbocycles. The van der Waals surface area contributed by atoms with Crippen LogP contribution in [0.5, 0.6) is 0 Å². The molecule has 2 nitrogen and oxygen atoms in total. The largest absolute Gasteiger partial charge is 0.461 e. The smallest absolute Gasteiger partial charge is 0.310 e. The van der Waals surface area contributed by atoms with Gasteiger partial charge in [0.25, 0.3) is 0 Å². The zero-order valence-corrected chi connectivity index (χ0v) is 15.2. The molecule has 1 aliphatic rings. The van der Waals surface area contributed by atoms with E-state index >= 15 is 0 Å². The molecule has 2 atom stereocenters. The van der Waals surface area contributed by atoms with Crippen LogP contribution in [0.4, 0.5) is 0 Å². The van der Waals surface area contributed by atoms with Crippen molar-refractivity contribution in [1.29, 1.82) is 0 Å². The fourth-order valence-corrected chi connectivity index (χ4v) is 3.52. The van der Waals surface area contributed by atoms with Gasteiger partial charge in [0.1, 0.15) is 11.1 Å². The maximum Gasteiger partial charge on any atom is 0.310 e. The summed E-state index contributed by atoms with van der Waals surface area (Å²) in [5.74, 6) is -0.309. The summed E-state index contributed by atoms with van der Waals surface area (Å²) in [7, 11) is 0. The Morgan fingerprint density at radius 3 is 2.27 bits per heavy atom. The lowest BCUT2D eigenvalue weighted by Crippen LogP contribution is -2.12. The van der Waals surface area contributed by atoms with E-state index in [1.54, 1.807) is 6.08 Å². The first-order valence-electron chi connectivity index (χ1n) is 7.40. The van der Waals surface area contributed by atoms with Crippen LogP contribution < -0.4 is 0 Å². The second-order valence-corrected chi connectivity index (χ2v) is 7.77. The highest BCUT2D eigenvalue weighted by Gasteiger charge is 2.61. The molecule has 0 aromatic heterocycles. The molecule has 0 unspecified atom stereocenters. The Morgan fingerprint density at radius 1 is 1.23 bits per heavy atom. The number of halogens is 2. The van der Waals surface area contributed by atoms with Crippen molar-refractivity contribution in [3.8, 4) is 0 Å². The lowest BCUT2D eigenvalue weighted by Gasteiger charge is -2.12. The maximum atomic E-state index is 12.3. The first kappa shape index (κ1) is 17.4. The Bertz CT molecular complexity index is 605. The van der Waals surface area contributed by atoms with Gasteiger partial charge in [0.2, 0.25) is 0 Å². The molecule has 1 saturated carbocycles. The molecular weight excluding hydrogens is 319 g/mol. The Hall–Kier alpha value is -0.990. The SMILES string of the molecule is Cc1cc(C)c(COC(=O)[C@H]2[C@@H](C=C(Cl)Cl)C2(C)C)c(C)c1. The number of carbonyl (C=O) groups excluding carboxylic acids is 1. The average Bonchev–Trinajstić information content (AvgIpc) is 2.88. The minimum atomic E-state index is -0.180. The first-order chi connectivity index (χ1) is 10.1. The zero-order valence-electron chi connectivity index (χ0n) is 13.7. The van der Waals surface area contributed by atoms with Gasteiger partial charge in [-0.25, -0.2) is 0 Å². The van der Waals surface area contributed by atoms with Crippen LogP contribution in [0.15, 0.2) is 22.7 Å². The first-order valence-corrected chi connectivity index (χ1v) is 8.16. The zero-order chi connectivity index (χ0) is 16.7. The number of benzene rings is 1. The molecule has 2 rings (SSSR count). The molecule has 22 heavy (non-hydrogen) atoms. The molecule has 1 aromatic rings. The summed E-state index contributed by atoms with van der Waals surface area (Å²) >= 11 is 11.4. The molecule has 4 heteroatoms. The van der Waals surface area contributed by atoms with Crippen LogP contribution in [-0.4, -0.2) is 5.97 Å². The highest BCUT2D eigenvalue weighted by Crippen LogP contribution is 2.60. The topological polar surface area (TPSA) is 26.3 Å². The van der Waals surface area contributed by atoms with Crippen molar-refractivity contribution in [1.82, 2.24) is 0 Å². The van der Waals surface area contributed by atoms with Crippen molar-refractivity contribution in [2.45, 2.75) is 41.2 Å². The minimum Gasteiger partial charge on any atom is -0.461 e. The predicted molar refractivity (Wildman–Crippen MR) is 91.0 cm³/mol. The lowest BCUT2D eigenvalue weighted by atomic mass is 10.0. The lowest BCUT2D eigenvalue weighted by molar-refractivity contribution is -0.147. The summed E-state index contributed by atoms with van der Waals surface area (Å²) in [4.78, 5) is 12.3. The second kappa shape index (κ2) is 6.25. The summed E-state index contributed by atoms with van der Waals surface area (Å²) in [6, 6.07) is 4.21. The second-order valence-electron chi connectivity index (χ2n) is 6.77. The number of hydrogen-bond acceptors (Lipinski definition) is 2. The summed E-state index contributed by atoms with van der Waals surface area (Å²) in [6.07, 6.45) is 1.73. The third-order valence-corrected chi connectivity index (χ3v) is 4.92. The monoisotopic (exact) mass is 340 g/mol. The molecule has 0 radical (unpaired) electrons. The van der Waals surface area contributed by atoms with Gasteiger partial charge in [0.15, 0.2) is 0 Å². The molecule has 0 saturated heterocycles. The molecule has 1 aliphatic carbocycles. The average molecular weight is 341 g/mol.